The van der Waals surface area contributed by atoms with Crippen LogP contribution in [0.5, 0.6) is 0 Å². The summed E-state index contributed by atoms with van der Waals surface area (Å²) in [5.74, 6) is -0.217. The van der Waals surface area contributed by atoms with Crippen molar-refractivity contribution in [3.8, 4) is 0 Å². The third kappa shape index (κ3) is 2.81. The average Bonchev–Trinajstić information content (AvgIpc) is 2.86. The van der Waals surface area contributed by atoms with Gasteiger partial charge in [-0.3, -0.25) is 14.2 Å². The van der Waals surface area contributed by atoms with Crippen LogP contribution >= 0.6 is 11.6 Å². The third-order valence-corrected chi connectivity index (χ3v) is 4.11. The Morgan fingerprint density at radius 3 is 2.43 bits per heavy atom. The fraction of sp³-hybridized carbons (Fsp3) is 0.500. The van der Waals surface area contributed by atoms with E-state index in [-0.39, 0.29) is 5.91 Å². The van der Waals surface area contributed by atoms with E-state index in [9.17, 15) is 4.79 Å². The molecular formula is C14H20ClN5O. The Hall–Kier alpha value is -1.82. The standard InChI is InChI=1S/C14H20ClN5O/c1-6-20-13(12(15)9(3)18-20)14(21)16-7-11-8(2)17-19(5)10(11)4/h6-7H2,1-5H3,(H,16,21). The van der Waals surface area contributed by atoms with E-state index >= 15 is 0 Å². The molecule has 114 valence electrons. The number of carbonyl (C=O) groups excluding carboxylic acids is 1. The molecule has 1 amide bonds. The molecule has 21 heavy (non-hydrogen) atoms. The van der Waals surface area contributed by atoms with Gasteiger partial charge in [0.1, 0.15) is 5.69 Å². The number of aryl methyl sites for hydroxylation is 4. The Morgan fingerprint density at radius 1 is 1.24 bits per heavy atom. The highest BCUT2D eigenvalue weighted by atomic mass is 35.5. The summed E-state index contributed by atoms with van der Waals surface area (Å²) < 4.78 is 3.43. The molecule has 0 aliphatic carbocycles. The van der Waals surface area contributed by atoms with Crippen molar-refractivity contribution in [2.45, 2.75) is 40.8 Å². The van der Waals surface area contributed by atoms with Crippen LogP contribution in [0, 0.1) is 20.8 Å². The number of nitrogens with zero attached hydrogens (tertiary/aromatic N) is 4. The van der Waals surface area contributed by atoms with Crippen molar-refractivity contribution in [3.63, 3.8) is 0 Å². The lowest BCUT2D eigenvalue weighted by Crippen LogP contribution is -2.26. The van der Waals surface area contributed by atoms with E-state index in [1.54, 1.807) is 11.6 Å². The van der Waals surface area contributed by atoms with Crippen molar-refractivity contribution in [2.24, 2.45) is 7.05 Å². The topological polar surface area (TPSA) is 64.7 Å². The summed E-state index contributed by atoms with van der Waals surface area (Å²) in [6, 6.07) is 0. The van der Waals surface area contributed by atoms with Crippen LogP contribution in [0.4, 0.5) is 0 Å². The smallest absolute Gasteiger partial charge is 0.271 e. The van der Waals surface area contributed by atoms with E-state index in [2.05, 4.69) is 15.5 Å². The summed E-state index contributed by atoms with van der Waals surface area (Å²) in [6.45, 7) is 8.66. The molecule has 0 bridgehead atoms. The molecule has 2 aromatic rings. The molecule has 1 N–H and O–H groups in total. The van der Waals surface area contributed by atoms with Crippen molar-refractivity contribution in [2.75, 3.05) is 0 Å². The van der Waals surface area contributed by atoms with Crippen molar-refractivity contribution in [1.29, 1.82) is 0 Å². The zero-order valence-electron chi connectivity index (χ0n) is 13.0. The van der Waals surface area contributed by atoms with Crippen LogP contribution in [-0.4, -0.2) is 25.5 Å². The number of aromatic nitrogens is 4. The summed E-state index contributed by atoms with van der Waals surface area (Å²) >= 11 is 6.18. The number of rotatable bonds is 4. The Balaban J connectivity index is 2.19. The zero-order chi connectivity index (χ0) is 15.7. The van der Waals surface area contributed by atoms with Gasteiger partial charge in [-0.15, -0.1) is 0 Å². The first-order chi connectivity index (χ1) is 9.86. The van der Waals surface area contributed by atoms with Crippen molar-refractivity contribution < 1.29 is 4.79 Å². The first kappa shape index (κ1) is 15.6. The normalized spacial score (nSPS) is 11.0. The lowest BCUT2D eigenvalue weighted by atomic mass is 10.2. The van der Waals surface area contributed by atoms with E-state index in [0.29, 0.717) is 29.5 Å². The minimum absolute atomic E-state index is 0.217. The minimum atomic E-state index is -0.217. The summed E-state index contributed by atoms with van der Waals surface area (Å²) in [7, 11) is 1.89. The van der Waals surface area contributed by atoms with Crippen molar-refractivity contribution in [1.82, 2.24) is 24.9 Å². The van der Waals surface area contributed by atoms with Gasteiger partial charge >= 0.3 is 0 Å². The van der Waals surface area contributed by atoms with Crippen LogP contribution in [-0.2, 0) is 20.1 Å². The second-order valence-electron chi connectivity index (χ2n) is 5.02. The fourth-order valence-corrected chi connectivity index (χ4v) is 2.55. The van der Waals surface area contributed by atoms with E-state index in [1.807, 2.05) is 32.5 Å². The second-order valence-corrected chi connectivity index (χ2v) is 5.40. The molecule has 0 fully saturated rings. The number of amides is 1. The van der Waals surface area contributed by atoms with Crippen molar-refractivity contribution in [3.05, 3.63) is 33.4 Å². The van der Waals surface area contributed by atoms with E-state index in [0.717, 1.165) is 17.0 Å². The molecule has 0 unspecified atom stereocenters. The molecule has 0 spiro atoms. The maximum atomic E-state index is 12.4. The van der Waals surface area contributed by atoms with E-state index in [1.165, 1.54) is 0 Å². The van der Waals surface area contributed by atoms with Gasteiger partial charge in [0.05, 0.1) is 16.4 Å². The summed E-state index contributed by atoms with van der Waals surface area (Å²) in [4.78, 5) is 12.4. The van der Waals surface area contributed by atoms with Gasteiger partial charge in [-0.2, -0.15) is 10.2 Å². The zero-order valence-corrected chi connectivity index (χ0v) is 13.7. The van der Waals surface area contributed by atoms with E-state index < -0.39 is 0 Å². The molecule has 0 atom stereocenters. The van der Waals surface area contributed by atoms with Gasteiger partial charge in [0, 0.05) is 31.4 Å². The Labute approximate surface area is 129 Å². The van der Waals surface area contributed by atoms with Gasteiger partial charge < -0.3 is 5.32 Å². The minimum Gasteiger partial charge on any atom is -0.346 e. The predicted octanol–water partition coefficient (Wildman–Crippen LogP) is 2.15. The maximum Gasteiger partial charge on any atom is 0.271 e. The SMILES string of the molecule is CCn1nc(C)c(Cl)c1C(=O)NCc1c(C)nn(C)c1C. The number of halogens is 1. The number of hydrogen-bond donors (Lipinski definition) is 1. The van der Waals surface area contributed by atoms with Crippen LogP contribution in [0.1, 0.15) is 40.1 Å². The molecule has 0 aliphatic heterocycles. The van der Waals surface area contributed by atoms with Crippen molar-refractivity contribution >= 4 is 17.5 Å². The van der Waals surface area contributed by atoms with Gasteiger partial charge in [-0.1, -0.05) is 11.6 Å². The Morgan fingerprint density at radius 2 is 1.90 bits per heavy atom. The molecule has 2 heterocycles. The van der Waals surface area contributed by atoms with Gasteiger partial charge in [-0.05, 0) is 27.7 Å². The van der Waals surface area contributed by atoms with E-state index in [4.69, 9.17) is 11.6 Å². The molecule has 0 aliphatic rings. The average molecular weight is 310 g/mol. The molecule has 0 saturated carbocycles. The fourth-order valence-electron chi connectivity index (χ4n) is 2.33. The highest BCUT2D eigenvalue weighted by Crippen LogP contribution is 2.20. The molecule has 2 rings (SSSR count). The number of nitrogens with one attached hydrogen (secondary N) is 1. The third-order valence-electron chi connectivity index (χ3n) is 3.65. The Kier molecular flexibility index (Phi) is 4.37. The first-order valence-electron chi connectivity index (χ1n) is 6.87. The number of hydrogen-bond acceptors (Lipinski definition) is 3. The van der Waals surface area contributed by atoms with Gasteiger partial charge in [-0.25, -0.2) is 0 Å². The Bertz CT molecular complexity index is 686. The lowest BCUT2D eigenvalue weighted by Gasteiger charge is -2.08. The molecular weight excluding hydrogens is 290 g/mol. The van der Waals surface area contributed by atoms with Gasteiger partial charge in [0.25, 0.3) is 5.91 Å². The van der Waals surface area contributed by atoms with Crippen LogP contribution in [0.3, 0.4) is 0 Å². The van der Waals surface area contributed by atoms with Gasteiger partial charge in [0.15, 0.2) is 0 Å². The van der Waals surface area contributed by atoms with Crippen LogP contribution in [0.2, 0.25) is 5.02 Å². The lowest BCUT2D eigenvalue weighted by molar-refractivity contribution is 0.0940. The monoisotopic (exact) mass is 309 g/mol. The molecule has 7 heteroatoms. The first-order valence-corrected chi connectivity index (χ1v) is 7.24. The van der Waals surface area contributed by atoms with Crippen LogP contribution in [0.25, 0.3) is 0 Å². The quantitative estimate of drug-likeness (QED) is 0.941. The molecule has 0 radical (unpaired) electrons. The molecule has 0 saturated heterocycles. The molecule has 6 nitrogen and oxygen atoms in total. The number of carbonyl (C=O) groups is 1. The molecule has 2 aromatic heterocycles. The molecule has 0 aromatic carbocycles. The highest BCUT2D eigenvalue weighted by Gasteiger charge is 2.20. The maximum absolute atomic E-state index is 12.4. The summed E-state index contributed by atoms with van der Waals surface area (Å²) in [5.41, 5.74) is 4.06. The highest BCUT2D eigenvalue weighted by molar-refractivity contribution is 6.34. The van der Waals surface area contributed by atoms with Gasteiger partial charge in [0.2, 0.25) is 0 Å². The predicted molar refractivity (Wildman–Crippen MR) is 81.5 cm³/mol. The largest absolute Gasteiger partial charge is 0.346 e. The van der Waals surface area contributed by atoms with Crippen LogP contribution < -0.4 is 5.32 Å². The summed E-state index contributed by atoms with van der Waals surface area (Å²) in [6.07, 6.45) is 0. The summed E-state index contributed by atoms with van der Waals surface area (Å²) in [5, 5.41) is 11.9. The second kappa shape index (κ2) is 5.89. The van der Waals surface area contributed by atoms with Crippen LogP contribution in [0.15, 0.2) is 0 Å².